The Bertz CT molecular complexity index is 442. The molecule has 2 N–H and O–H groups in total. The molecule has 1 aromatic carbocycles. The second-order valence-corrected chi connectivity index (χ2v) is 5.24. The van der Waals surface area contributed by atoms with Gasteiger partial charge in [-0.25, -0.2) is 0 Å². The molecular weight excluding hydrogens is 224 g/mol. The summed E-state index contributed by atoms with van der Waals surface area (Å²) in [5, 5.41) is 0. The third-order valence-corrected chi connectivity index (χ3v) is 3.86. The molecule has 3 nitrogen and oxygen atoms in total. The van der Waals surface area contributed by atoms with Crippen LogP contribution in [0.1, 0.15) is 42.1 Å². The lowest BCUT2D eigenvalue weighted by Crippen LogP contribution is -2.40. The van der Waals surface area contributed by atoms with Gasteiger partial charge in [-0.05, 0) is 49.4 Å². The van der Waals surface area contributed by atoms with Crippen LogP contribution in [0.3, 0.4) is 0 Å². The third-order valence-electron chi connectivity index (χ3n) is 3.86. The summed E-state index contributed by atoms with van der Waals surface area (Å²) in [6.45, 7) is 5.94. The van der Waals surface area contributed by atoms with Gasteiger partial charge < -0.3 is 10.6 Å². The minimum Gasteiger partial charge on any atom is -0.399 e. The SMILES string of the molecule is CCC1CCCN(C(=O)c2ccc(N)cc2C)C1. The first-order valence-electron chi connectivity index (χ1n) is 6.77. The fourth-order valence-electron chi connectivity index (χ4n) is 2.68. The average molecular weight is 246 g/mol. The van der Waals surface area contributed by atoms with Crippen LogP contribution in [0, 0.1) is 12.8 Å². The summed E-state index contributed by atoms with van der Waals surface area (Å²) in [6.07, 6.45) is 3.53. The van der Waals surface area contributed by atoms with Crippen molar-refractivity contribution in [2.24, 2.45) is 5.92 Å². The number of hydrogen-bond acceptors (Lipinski definition) is 2. The first kappa shape index (κ1) is 12.9. The van der Waals surface area contributed by atoms with E-state index in [9.17, 15) is 4.79 Å². The Hall–Kier alpha value is -1.51. The van der Waals surface area contributed by atoms with Crippen LogP contribution in [-0.2, 0) is 0 Å². The molecule has 1 aliphatic heterocycles. The van der Waals surface area contributed by atoms with Crippen LogP contribution in [0.4, 0.5) is 5.69 Å². The van der Waals surface area contributed by atoms with Crippen molar-refractivity contribution >= 4 is 11.6 Å². The lowest BCUT2D eigenvalue weighted by Gasteiger charge is -2.32. The molecule has 1 aliphatic rings. The number of benzene rings is 1. The molecule has 1 amide bonds. The van der Waals surface area contributed by atoms with Crippen LogP contribution in [0.25, 0.3) is 0 Å². The minimum absolute atomic E-state index is 0.158. The molecule has 1 atom stereocenters. The summed E-state index contributed by atoms with van der Waals surface area (Å²) in [4.78, 5) is 14.5. The van der Waals surface area contributed by atoms with Crippen molar-refractivity contribution in [2.75, 3.05) is 18.8 Å². The lowest BCUT2D eigenvalue weighted by molar-refractivity contribution is 0.0670. The normalized spacial score (nSPS) is 19.9. The summed E-state index contributed by atoms with van der Waals surface area (Å²) in [7, 11) is 0. The van der Waals surface area contributed by atoms with Crippen LogP contribution >= 0.6 is 0 Å². The van der Waals surface area contributed by atoms with E-state index in [1.54, 1.807) is 0 Å². The molecule has 2 rings (SSSR count). The maximum absolute atomic E-state index is 12.5. The van der Waals surface area contributed by atoms with Gasteiger partial charge in [0.2, 0.25) is 0 Å². The van der Waals surface area contributed by atoms with Crippen molar-refractivity contribution in [3.63, 3.8) is 0 Å². The van der Waals surface area contributed by atoms with Crippen molar-refractivity contribution in [3.05, 3.63) is 29.3 Å². The maximum atomic E-state index is 12.5. The van der Waals surface area contributed by atoms with E-state index in [1.807, 2.05) is 30.0 Å². The number of hydrogen-bond donors (Lipinski definition) is 1. The number of carbonyl (C=O) groups excluding carboxylic acids is 1. The number of amides is 1. The van der Waals surface area contributed by atoms with Gasteiger partial charge in [-0.1, -0.05) is 13.3 Å². The average Bonchev–Trinajstić information content (AvgIpc) is 2.38. The van der Waals surface area contributed by atoms with Gasteiger partial charge >= 0.3 is 0 Å². The van der Waals surface area contributed by atoms with Crippen molar-refractivity contribution in [1.29, 1.82) is 0 Å². The Morgan fingerprint density at radius 1 is 1.50 bits per heavy atom. The molecule has 3 heteroatoms. The Morgan fingerprint density at radius 2 is 2.28 bits per heavy atom. The molecule has 98 valence electrons. The monoisotopic (exact) mass is 246 g/mol. The number of nitrogens with two attached hydrogens (primary N) is 1. The fraction of sp³-hybridized carbons (Fsp3) is 0.533. The standard InChI is InChI=1S/C15H22N2O/c1-3-12-5-4-8-17(10-12)15(18)14-7-6-13(16)9-11(14)2/h6-7,9,12H,3-5,8,10,16H2,1-2H3. The van der Waals surface area contributed by atoms with Gasteiger partial charge in [0.05, 0.1) is 0 Å². The van der Waals surface area contributed by atoms with E-state index in [0.29, 0.717) is 11.6 Å². The number of piperidine rings is 1. The molecule has 0 aliphatic carbocycles. The number of aryl methyl sites for hydroxylation is 1. The molecule has 0 bridgehead atoms. The molecule has 1 saturated heterocycles. The Labute approximate surface area is 109 Å². The van der Waals surface area contributed by atoms with E-state index < -0.39 is 0 Å². The number of carbonyl (C=O) groups is 1. The molecule has 1 unspecified atom stereocenters. The Balaban J connectivity index is 2.15. The number of likely N-dealkylation sites (tertiary alicyclic amines) is 1. The second-order valence-electron chi connectivity index (χ2n) is 5.24. The zero-order valence-corrected chi connectivity index (χ0v) is 11.3. The largest absolute Gasteiger partial charge is 0.399 e. The summed E-state index contributed by atoms with van der Waals surface area (Å²) < 4.78 is 0. The van der Waals surface area contributed by atoms with Crippen molar-refractivity contribution < 1.29 is 4.79 Å². The van der Waals surface area contributed by atoms with Crippen molar-refractivity contribution in [3.8, 4) is 0 Å². The second kappa shape index (κ2) is 5.42. The summed E-state index contributed by atoms with van der Waals surface area (Å²) in [5.41, 5.74) is 8.21. The molecule has 1 heterocycles. The molecule has 0 aromatic heterocycles. The summed E-state index contributed by atoms with van der Waals surface area (Å²) in [6, 6.07) is 5.53. The number of nitrogens with zero attached hydrogens (tertiary/aromatic N) is 1. The van der Waals surface area contributed by atoms with E-state index in [2.05, 4.69) is 6.92 Å². The van der Waals surface area contributed by atoms with Crippen molar-refractivity contribution in [1.82, 2.24) is 4.90 Å². The molecular formula is C15H22N2O. The zero-order chi connectivity index (χ0) is 13.1. The van der Waals surface area contributed by atoms with Gasteiger partial charge in [0.15, 0.2) is 0 Å². The highest BCUT2D eigenvalue weighted by Crippen LogP contribution is 2.22. The van der Waals surface area contributed by atoms with E-state index in [4.69, 9.17) is 5.73 Å². The zero-order valence-electron chi connectivity index (χ0n) is 11.3. The van der Waals surface area contributed by atoms with Crippen LogP contribution in [0.2, 0.25) is 0 Å². The van der Waals surface area contributed by atoms with Gasteiger partial charge in [0, 0.05) is 24.3 Å². The van der Waals surface area contributed by atoms with Gasteiger partial charge in [-0.2, -0.15) is 0 Å². The van der Waals surface area contributed by atoms with Gasteiger partial charge in [0.25, 0.3) is 5.91 Å². The molecule has 0 saturated carbocycles. The smallest absolute Gasteiger partial charge is 0.254 e. The van der Waals surface area contributed by atoms with Gasteiger partial charge in [-0.3, -0.25) is 4.79 Å². The van der Waals surface area contributed by atoms with E-state index >= 15 is 0 Å². The number of anilines is 1. The molecule has 0 radical (unpaired) electrons. The topological polar surface area (TPSA) is 46.3 Å². The Kier molecular flexibility index (Phi) is 3.90. The van der Waals surface area contributed by atoms with Crippen LogP contribution < -0.4 is 5.73 Å². The highest BCUT2D eigenvalue weighted by molar-refractivity contribution is 5.96. The summed E-state index contributed by atoms with van der Waals surface area (Å²) in [5.74, 6) is 0.822. The quantitative estimate of drug-likeness (QED) is 0.816. The number of rotatable bonds is 2. The van der Waals surface area contributed by atoms with Crippen LogP contribution in [-0.4, -0.2) is 23.9 Å². The fourth-order valence-corrected chi connectivity index (χ4v) is 2.68. The predicted molar refractivity (Wildman–Crippen MR) is 74.5 cm³/mol. The predicted octanol–water partition coefficient (Wildman–Crippen LogP) is 2.84. The highest BCUT2D eigenvalue weighted by Gasteiger charge is 2.24. The van der Waals surface area contributed by atoms with E-state index in [-0.39, 0.29) is 5.91 Å². The third kappa shape index (κ3) is 2.66. The lowest BCUT2D eigenvalue weighted by atomic mass is 9.94. The van der Waals surface area contributed by atoms with Gasteiger partial charge in [0.1, 0.15) is 0 Å². The van der Waals surface area contributed by atoms with E-state index in [1.165, 1.54) is 6.42 Å². The van der Waals surface area contributed by atoms with Crippen LogP contribution in [0.15, 0.2) is 18.2 Å². The maximum Gasteiger partial charge on any atom is 0.254 e. The summed E-state index contributed by atoms with van der Waals surface area (Å²) >= 11 is 0. The molecule has 1 fully saturated rings. The molecule has 0 spiro atoms. The minimum atomic E-state index is 0.158. The Morgan fingerprint density at radius 3 is 2.94 bits per heavy atom. The first-order valence-corrected chi connectivity index (χ1v) is 6.77. The number of nitrogen functional groups attached to an aromatic ring is 1. The highest BCUT2D eigenvalue weighted by atomic mass is 16.2. The van der Waals surface area contributed by atoms with Gasteiger partial charge in [-0.15, -0.1) is 0 Å². The van der Waals surface area contributed by atoms with Crippen molar-refractivity contribution in [2.45, 2.75) is 33.1 Å². The first-order chi connectivity index (χ1) is 8.61. The van der Waals surface area contributed by atoms with Crippen LogP contribution in [0.5, 0.6) is 0 Å². The molecule has 18 heavy (non-hydrogen) atoms. The van der Waals surface area contributed by atoms with E-state index in [0.717, 1.165) is 37.1 Å². The molecule has 1 aromatic rings.